The number of nitrogens with one attached hydrogen (secondary N) is 1. The zero-order valence-electron chi connectivity index (χ0n) is 16.5. The molecule has 0 aliphatic carbocycles. The van der Waals surface area contributed by atoms with E-state index in [1.54, 1.807) is 0 Å². The topological polar surface area (TPSA) is 68.2 Å². The lowest BCUT2D eigenvalue weighted by Gasteiger charge is -2.25. The molecule has 1 N–H and O–H groups in total. The SMILES string of the molecule is CCNC(=NCCS(=O)(=O)N(CC)CC)N1CCC(N2CCCC2)C1.I. The molecule has 0 saturated carbocycles. The summed E-state index contributed by atoms with van der Waals surface area (Å²) in [5, 5.41) is 3.33. The van der Waals surface area contributed by atoms with Gasteiger partial charge in [0.05, 0.1) is 12.3 Å². The standard InChI is InChI=1S/C17H35N5O2S.HI/c1-4-18-17(19-10-14-25(23,24)22(5-2)6-3)21-13-9-16(15-21)20-11-7-8-12-20;/h16H,4-15H2,1-3H3,(H,18,19);1H. The van der Waals surface area contributed by atoms with Crippen molar-refractivity contribution in [2.75, 3.05) is 58.1 Å². The molecule has 1 unspecified atom stereocenters. The molecule has 2 saturated heterocycles. The van der Waals surface area contributed by atoms with Gasteiger partial charge in [0, 0.05) is 38.8 Å². The van der Waals surface area contributed by atoms with Gasteiger partial charge in [0.1, 0.15) is 0 Å². The van der Waals surface area contributed by atoms with Crippen molar-refractivity contribution in [3.8, 4) is 0 Å². The molecule has 2 aliphatic rings. The van der Waals surface area contributed by atoms with Crippen LogP contribution in [0.2, 0.25) is 0 Å². The lowest BCUT2D eigenvalue weighted by molar-refractivity contribution is 0.249. The average molecular weight is 501 g/mol. The fraction of sp³-hybridized carbons (Fsp3) is 0.941. The zero-order chi connectivity index (χ0) is 18.3. The first kappa shape index (κ1) is 23.9. The van der Waals surface area contributed by atoms with Crippen molar-refractivity contribution in [1.29, 1.82) is 0 Å². The Morgan fingerprint density at radius 3 is 2.38 bits per heavy atom. The molecule has 2 rings (SSSR count). The molecule has 0 aromatic heterocycles. The normalized spacial score (nSPS) is 22.1. The van der Waals surface area contributed by atoms with E-state index in [9.17, 15) is 8.42 Å². The van der Waals surface area contributed by atoms with Crippen LogP contribution in [0.15, 0.2) is 4.99 Å². The molecule has 2 fully saturated rings. The third kappa shape index (κ3) is 6.49. The molecule has 2 heterocycles. The highest BCUT2D eigenvalue weighted by Crippen LogP contribution is 2.20. The summed E-state index contributed by atoms with van der Waals surface area (Å²) in [6.07, 6.45) is 3.80. The van der Waals surface area contributed by atoms with Gasteiger partial charge < -0.3 is 10.2 Å². The molecule has 1 atom stereocenters. The number of hydrogen-bond acceptors (Lipinski definition) is 4. The Hall–Kier alpha value is -0.130. The Morgan fingerprint density at radius 1 is 1.15 bits per heavy atom. The predicted molar refractivity (Wildman–Crippen MR) is 119 cm³/mol. The summed E-state index contributed by atoms with van der Waals surface area (Å²) in [6, 6.07) is 0.616. The zero-order valence-corrected chi connectivity index (χ0v) is 19.6. The molecule has 0 radical (unpaired) electrons. The molecule has 0 amide bonds. The lowest BCUT2D eigenvalue weighted by atomic mass is 10.2. The Morgan fingerprint density at radius 2 is 1.81 bits per heavy atom. The second-order valence-corrected chi connectivity index (χ2v) is 8.86. The number of halogens is 1. The first-order chi connectivity index (χ1) is 12.0. The smallest absolute Gasteiger partial charge is 0.215 e. The van der Waals surface area contributed by atoms with Crippen molar-refractivity contribution in [2.24, 2.45) is 4.99 Å². The van der Waals surface area contributed by atoms with E-state index in [4.69, 9.17) is 0 Å². The van der Waals surface area contributed by atoms with Gasteiger partial charge in [0.2, 0.25) is 10.0 Å². The summed E-state index contributed by atoms with van der Waals surface area (Å²) in [6.45, 7) is 12.4. The second kappa shape index (κ2) is 11.7. The van der Waals surface area contributed by atoms with Gasteiger partial charge in [-0.1, -0.05) is 13.8 Å². The maximum Gasteiger partial charge on any atom is 0.215 e. The van der Waals surface area contributed by atoms with Crippen molar-refractivity contribution in [1.82, 2.24) is 19.4 Å². The molecule has 0 spiro atoms. The largest absolute Gasteiger partial charge is 0.357 e. The highest BCUT2D eigenvalue weighted by atomic mass is 127. The molecule has 26 heavy (non-hydrogen) atoms. The van der Waals surface area contributed by atoms with Crippen LogP contribution in [0.3, 0.4) is 0 Å². The van der Waals surface area contributed by atoms with Crippen LogP contribution < -0.4 is 5.32 Å². The minimum atomic E-state index is -3.21. The van der Waals surface area contributed by atoms with Gasteiger partial charge in [-0.15, -0.1) is 24.0 Å². The Labute approximate surface area is 176 Å². The maximum atomic E-state index is 12.3. The third-order valence-corrected chi connectivity index (χ3v) is 7.17. The van der Waals surface area contributed by atoms with Crippen LogP contribution >= 0.6 is 24.0 Å². The first-order valence-electron chi connectivity index (χ1n) is 9.76. The molecule has 9 heteroatoms. The number of rotatable bonds is 8. The van der Waals surface area contributed by atoms with Crippen LogP contribution in [0.4, 0.5) is 0 Å². The van der Waals surface area contributed by atoms with Crippen LogP contribution in [0, 0.1) is 0 Å². The third-order valence-electron chi connectivity index (χ3n) is 5.16. The minimum Gasteiger partial charge on any atom is -0.357 e. The van der Waals surface area contributed by atoms with E-state index in [1.807, 2.05) is 13.8 Å². The highest BCUT2D eigenvalue weighted by molar-refractivity contribution is 14.0. The molecule has 7 nitrogen and oxygen atoms in total. The molecule has 0 bridgehead atoms. The van der Waals surface area contributed by atoms with Crippen molar-refractivity contribution >= 4 is 40.0 Å². The predicted octanol–water partition coefficient (Wildman–Crippen LogP) is 1.41. The van der Waals surface area contributed by atoms with Gasteiger partial charge in [0.15, 0.2) is 5.96 Å². The fourth-order valence-electron chi connectivity index (χ4n) is 3.78. The van der Waals surface area contributed by atoms with E-state index >= 15 is 0 Å². The number of hydrogen-bond donors (Lipinski definition) is 1. The number of nitrogens with zero attached hydrogens (tertiary/aromatic N) is 4. The summed E-state index contributed by atoms with van der Waals surface area (Å²) in [4.78, 5) is 9.48. The molecule has 154 valence electrons. The monoisotopic (exact) mass is 501 g/mol. The summed E-state index contributed by atoms with van der Waals surface area (Å²) in [5.74, 6) is 0.936. The van der Waals surface area contributed by atoms with Crippen LogP contribution in [0.1, 0.15) is 40.0 Å². The van der Waals surface area contributed by atoms with Gasteiger partial charge in [-0.3, -0.25) is 9.89 Å². The van der Waals surface area contributed by atoms with E-state index in [1.165, 1.54) is 36.7 Å². The first-order valence-corrected chi connectivity index (χ1v) is 11.4. The Kier molecular flexibility index (Phi) is 10.7. The van der Waals surface area contributed by atoms with E-state index < -0.39 is 10.0 Å². The van der Waals surface area contributed by atoms with Crippen LogP contribution in [-0.4, -0.2) is 92.6 Å². The molecular weight excluding hydrogens is 465 g/mol. The summed E-state index contributed by atoms with van der Waals surface area (Å²) >= 11 is 0. The van der Waals surface area contributed by atoms with Crippen LogP contribution in [0.25, 0.3) is 0 Å². The maximum absolute atomic E-state index is 12.3. The summed E-state index contributed by atoms with van der Waals surface area (Å²) in [7, 11) is -3.21. The average Bonchev–Trinajstić information content (AvgIpc) is 3.26. The van der Waals surface area contributed by atoms with Gasteiger partial charge in [-0.25, -0.2) is 12.7 Å². The van der Waals surface area contributed by atoms with Crippen molar-refractivity contribution in [3.05, 3.63) is 0 Å². The fourth-order valence-corrected chi connectivity index (χ4v) is 5.14. The summed E-state index contributed by atoms with van der Waals surface area (Å²) in [5.41, 5.74) is 0. The van der Waals surface area contributed by atoms with E-state index in [-0.39, 0.29) is 29.7 Å². The summed E-state index contributed by atoms with van der Waals surface area (Å²) < 4.78 is 26.1. The van der Waals surface area contributed by atoms with E-state index in [0.29, 0.717) is 25.7 Å². The molecule has 0 aromatic rings. The number of sulfonamides is 1. The van der Waals surface area contributed by atoms with E-state index in [0.717, 1.165) is 25.6 Å². The van der Waals surface area contributed by atoms with Gasteiger partial charge in [-0.2, -0.15) is 0 Å². The number of aliphatic imine (C=N–C) groups is 1. The molecular formula is C17H36IN5O2S. The highest BCUT2D eigenvalue weighted by Gasteiger charge is 2.30. The minimum absolute atomic E-state index is 0. The molecule has 0 aromatic carbocycles. The number of guanidine groups is 1. The Balaban J connectivity index is 0.00000338. The number of likely N-dealkylation sites (tertiary alicyclic amines) is 2. The quantitative estimate of drug-likeness (QED) is 0.310. The van der Waals surface area contributed by atoms with Crippen LogP contribution in [0.5, 0.6) is 0 Å². The van der Waals surface area contributed by atoms with Gasteiger partial charge in [-0.05, 0) is 39.3 Å². The lowest BCUT2D eigenvalue weighted by Crippen LogP contribution is -2.43. The van der Waals surface area contributed by atoms with Crippen molar-refractivity contribution in [3.63, 3.8) is 0 Å². The Bertz CT molecular complexity index is 533. The van der Waals surface area contributed by atoms with Gasteiger partial charge >= 0.3 is 0 Å². The van der Waals surface area contributed by atoms with Crippen molar-refractivity contribution in [2.45, 2.75) is 46.1 Å². The van der Waals surface area contributed by atoms with E-state index in [2.05, 4.69) is 27.0 Å². The van der Waals surface area contributed by atoms with Crippen LogP contribution in [-0.2, 0) is 10.0 Å². The van der Waals surface area contributed by atoms with Crippen molar-refractivity contribution < 1.29 is 8.42 Å². The molecule has 2 aliphatic heterocycles. The second-order valence-electron chi connectivity index (χ2n) is 6.77. The van der Waals surface area contributed by atoms with Gasteiger partial charge in [0.25, 0.3) is 0 Å².